The van der Waals surface area contributed by atoms with Crippen LogP contribution in [0.3, 0.4) is 0 Å². The van der Waals surface area contributed by atoms with Crippen molar-refractivity contribution in [1.29, 1.82) is 0 Å². The van der Waals surface area contributed by atoms with Crippen molar-refractivity contribution in [2.75, 3.05) is 20.0 Å². The number of phenols is 1. The van der Waals surface area contributed by atoms with Crippen LogP contribution < -0.4 is 4.74 Å². The van der Waals surface area contributed by atoms with Crippen molar-refractivity contribution < 1.29 is 29.3 Å². The summed E-state index contributed by atoms with van der Waals surface area (Å²) in [6, 6.07) is 17.7. The first-order valence-corrected chi connectivity index (χ1v) is 18.3. The third kappa shape index (κ3) is 8.29. The van der Waals surface area contributed by atoms with Crippen LogP contribution in [0.2, 0.25) is 15.1 Å². The first-order chi connectivity index (χ1) is 24.1. The number of thioether (sulfide) groups is 1. The molecule has 2 heterocycles. The number of ether oxygens (including phenoxy) is 2. The number of rotatable bonds is 9. The second-order valence-electron chi connectivity index (χ2n) is 11.4. The maximum atomic E-state index is 12.1. The first kappa shape index (κ1) is 37.2. The number of hydrogen-bond donors (Lipinski definition) is 2. The summed E-state index contributed by atoms with van der Waals surface area (Å²) in [5.74, 6) is -0.608. The molecule has 260 valence electrons. The standard InChI is InChI=1S/C20H19Cl2NO3.C18H16ClNO3S/c1-3-26-20(24)19-16(22)8-9-17(23-19)14-6-4-5-13(14)15-11-12(21)7-10-18(15)25-2;1-24-16-8-6-14(20-17(16)18(22)23)12-4-2-3-11(12)13-9-10(19)5-7-15(13)21/h7-11H,3-6H2,1-2H3;5-9,21H,2-4H2,1H3,(H,22,23). The molecule has 6 rings (SSSR count). The van der Waals surface area contributed by atoms with Gasteiger partial charge in [-0.25, -0.2) is 19.6 Å². The molecule has 2 aromatic heterocycles. The number of carboxylic acid groups (broad SMARTS) is 1. The molecule has 0 bridgehead atoms. The molecular weight excluding hydrogens is 719 g/mol. The summed E-state index contributed by atoms with van der Waals surface area (Å²) in [6.45, 7) is 2.02. The van der Waals surface area contributed by atoms with Crippen molar-refractivity contribution in [3.8, 4) is 11.5 Å². The van der Waals surface area contributed by atoms with Crippen LogP contribution in [0.5, 0.6) is 11.5 Å². The van der Waals surface area contributed by atoms with E-state index in [1.165, 1.54) is 11.8 Å². The molecular formula is C38H35Cl3N2O6S. The molecule has 2 N–H and O–H groups in total. The van der Waals surface area contributed by atoms with Crippen LogP contribution in [0.15, 0.2) is 65.6 Å². The zero-order valence-corrected chi connectivity index (χ0v) is 30.8. The number of phenolic OH excluding ortho intramolecular Hbond substituents is 1. The Morgan fingerprint density at radius 1 is 0.780 bits per heavy atom. The number of carboxylic acids is 1. The van der Waals surface area contributed by atoms with Gasteiger partial charge < -0.3 is 19.7 Å². The van der Waals surface area contributed by atoms with Gasteiger partial charge in [0.1, 0.15) is 11.5 Å². The Kier molecular flexibility index (Phi) is 12.5. The number of aromatic hydroxyl groups is 1. The minimum atomic E-state index is -1.04. The lowest BCUT2D eigenvalue weighted by molar-refractivity contribution is 0.0519. The molecule has 0 saturated carbocycles. The third-order valence-electron chi connectivity index (χ3n) is 8.42. The first-order valence-electron chi connectivity index (χ1n) is 16.0. The Bertz CT molecular complexity index is 2010. The van der Waals surface area contributed by atoms with Crippen LogP contribution in [-0.2, 0) is 4.74 Å². The zero-order valence-electron chi connectivity index (χ0n) is 27.7. The Hall–Kier alpha value is -4.02. The number of esters is 1. The maximum absolute atomic E-state index is 12.1. The van der Waals surface area contributed by atoms with E-state index < -0.39 is 11.9 Å². The molecule has 2 aliphatic rings. The Labute approximate surface area is 310 Å². The van der Waals surface area contributed by atoms with Crippen LogP contribution in [0.25, 0.3) is 22.3 Å². The average molecular weight is 754 g/mol. The van der Waals surface area contributed by atoms with Crippen molar-refractivity contribution in [2.24, 2.45) is 0 Å². The smallest absolute Gasteiger partial charge is 0.358 e. The molecule has 0 unspecified atom stereocenters. The zero-order chi connectivity index (χ0) is 35.9. The monoisotopic (exact) mass is 752 g/mol. The van der Waals surface area contributed by atoms with Crippen molar-refractivity contribution in [1.82, 2.24) is 9.97 Å². The number of nitrogens with zero attached hydrogens (tertiary/aromatic N) is 2. The minimum Gasteiger partial charge on any atom is -0.507 e. The maximum Gasteiger partial charge on any atom is 0.358 e. The lowest BCUT2D eigenvalue weighted by Crippen LogP contribution is -2.09. The Morgan fingerprint density at radius 2 is 1.34 bits per heavy atom. The van der Waals surface area contributed by atoms with Crippen LogP contribution >= 0.6 is 46.6 Å². The fourth-order valence-corrected chi connectivity index (χ4v) is 7.26. The van der Waals surface area contributed by atoms with E-state index in [2.05, 4.69) is 9.97 Å². The van der Waals surface area contributed by atoms with Gasteiger partial charge in [-0.1, -0.05) is 34.8 Å². The quantitative estimate of drug-likeness (QED) is 0.127. The number of carbonyl (C=O) groups excluding carboxylic acids is 1. The lowest BCUT2D eigenvalue weighted by atomic mass is 9.99. The summed E-state index contributed by atoms with van der Waals surface area (Å²) in [6.07, 6.45) is 7.12. The third-order valence-corrected chi connectivity index (χ3v) is 9.96. The van der Waals surface area contributed by atoms with Gasteiger partial charge in [0.2, 0.25) is 0 Å². The summed E-state index contributed by atoms with van der Waals surface area (Å²) in [5.41, 5.74) is 7.41. The predicted octanol–water partition coefficient (Wildman–Crippen LogP) is 10.6. The summed E-state index contributed by atoms with van der Waals surface area (Å²) in [4.78, 5) is 33.0. The number of halogens is 3. The fourth-order valence-electron chi connectivity index (χ4n) is 6.20. The number of pyridine rings is 2. The average Bonchev–Trinajstić information content (AvgIpc) is 3.80. The van der Waals surface area contributed by atoms with E-state index in [4.69, 9.17) is 44.3 Å². The van der Waals surface area contributed by atoms with Crippen molar-refractivity contribution in [3.63, 3.8) is 0 Å². The van der Waals surface area contributed by atoms with Crippen molar-refractivity contribution in [3.05, 3.63) is 110 Å². The fraction of sp³-hybridized carbons (Fsp3) is 0.263. The molecule has 12 heteroatoms. The summed E-state index contributed by atoms with van der Waals surface area (Å²) >= 11 is 19.8. The van der Waals surface area contributed by atoms with E-state index in [1.807, 2.05) is 30.5 Å². The molecule has 0 saturated heterocycles. The van der Waals surface area contributed by atoms with Crippen LogP contribution in [0.4, 0.5) is 0 Å². The van der Waals surface area contributed by atoms with E-state index in [0.717, 1.165) is 77.8 Å². The number of allylic oxidation sites excluding steroid dienone is 4. The van der Waals surface area contributed by atoms with Gasteiger partial charge in [0.05, 0.1) is 30.1 Å². The van der Waals surface area contributed by atoms with Crippen LogP contribution in [0.1, 0.15) is 88.9 Å². The van der Waals surface area contributed by atoms with Gasteiger partial charge in [0, 0.05) is 26.1 Å². The Morgan fingerprint density at radius 3 is 1.94 bits per heavy atom. The van der Waals surface area contributed by atoms with Gasteiger partial charge in [0.25, 0.3) is 0 Å². The lowest BCUT2D eigenvalue weighted by Gasteiger charge is -2.13. The molecule has 0 atom stereocenters. The molecule has 0 fully saturated rings. The second kappa shape index (κ2) is 16.8. The van der Waals surface area contributed by atoms with Gasteiger partial charge in [-0.3, -0.25) is 0 Å². The SMILES string of the molecule is CCOC(=O)c1nc(C2=C(c3cc(Cl)ccc3OC)CCC2)ccc1Cl.CSc1ccc(C2=C(c3cc(Cl)ccc3O)CCC2)nc1C(=O)O. The highest BCUT2D eigenvalue weighted by Gasteiger charge is 2.25. The van der Waals surface area contributed by atoms with E-state index in [1.54, 1.807) is 50.4 Å². The topological polar surface area (TPSA) is 119 Å². The van der Waals surface area contributed by atoms with E-state index in [0.29, 0.717) is 26.2 Å². The summed E-state index contributed by atoms with van der Waals surface area (Å²) in [7, 11) is 1.64. The van der Waals surface area contributed by atoms with Gasteiger partial charge in [-0.15, -0.1) is 11.8 Å². The predicted molar refractivity (Wildman–Crippen MR) is 201 cm³/mol. The number of aromatic carboxylic acids is 1. The largest absolute Gasteiger partial charge is 0.507 e. The van der Waals surface area contributed by atoms with E-state index in [9.17, 15) is 19.8 Å². The molecule has 0 spiro atoms. The minimum absolute atomic E-state index is 0.0640. The number of carbonyl (C=O) groups is 2. The number of benzene rings is 2. The molecule has 2 aliphatic carbocycles. The van der Waals surface area contributed by atoms with E-state index in [-0.39, 0.29) is 28.8 Å². The highest BCUT2D eigenvalue weighted by Crippen LogP contribution is 2.44. The molecule has 0 amide bonds. The van der Waals surface area contributed by atoms with Crippen LogP contribution in [0, 0.1) is 0 Å². The Balaban J connectivity index is 0.000000195. The van der Waals surface area contributed by atoms with Crippen LogP contribution in [-0.4, -0.2) is 52.1 Å². The molecule has 8 nitrogen and oxygen atoms in total. The van der Waals surface area contributed by atoms with Crippen molar-refractivity contribution in [2.45, 2.75) is 50.3 Å². The summed E-state index contributed by atoms with van der Waals surface area (Å²) < 4.78 is 10.6. The number of hydrogen-bond acceptors (Lipinski definition) is 8. The van der Waals surface area contributed by atoms with Gasteiger partial charge in [0.15, 0.2) is 11.4 Å². The van der Waals surface area contributed by atoms with Crippen molar-refractivity contribution >= 4 is 80.8 Å². The molecule has 0 aliphatic heterocycles. The highest BCUT2D eigenvalue weighted by atomic mass is 35.5. The van der Waals surface area contributed by atoms with Gasteiger partial charge in [-0.05, 0) is 135 Å². The summed E-state index contributed by atoms with van der Waals surface area (Å²) in [5, 5.41) is 21.0. The van der Waals surface area contributed by atoms with E-state index >= 15 is 0 Å². The molecule has 4 aromatic rings. The van der Waals surface area contributed by atoms with Gasteiger partial charge in [-0.2, -0.15) is 0 Å². The molecule has 2 aromatic carbocycles. The second-order valence-corrected chi connectivity index (χ2v) is 13.6. The number of aromatic nitrogens is 2. The van der Waals surface area contributed by atoms with Gasteiger partial charge >= 0.3 is 11.9 Å². The number of methoxy groups -OCH3 is 1. The highest BCUT2D eigenvalue weighted by molar-refractivity contribution is 7.98. The molecule has 0 radical (unpaired) electrons. The normalized spacial score (nSPS) is 14.0. The molecule has 50 heavy (non-hydrogen) atoms.